The predicted molar refractivity (Wildman–Crippen MR) is 69.2 cm³/mol. The minimum Gasteiger partial charge on any atom is -0.461 e. The van der Waals surface area contributed by atoms with Crippen molar-refractivity contribution in [1.29, 1.82) is 0 Å². The second-order valence-electron chi connectivity index (χ2n) is 7.30. The summed E-state index contributed by atoms with van der Waals surface area (Å²) < 4.78 is 5.59. The first-order valence-corrected chi connectivity index (χ1v) is 7.38. The zero-order valence-electron chi connectivity index (χ0n) is 11.9. The van der Waals surface area contributed by atoms with E-state index in [1.807, 2.05) is 6.92 Å². The van der Waals surface area contributed by atoms with Crippen LogP contribution in [0.1, 0.15) is 46.5 Å². The van der Waals surface area contributed by atoms with E-state index in [-0.39, 0.29) is 35.2 Å². The molecule has 3 fully saturated rings. The number of hydrogen-bond donors (Lipinski definition) is 2. The minimum absolute atomic E-state index is 0.0335. The fourth-order valence-electron chi connectivity index (χ4n) is 4.85. The Balaban J connectivity index is 2.00. The maximum atomic E-state index is 11.8. The number of esters is 1. The fourth-order valence-corrected chi connectivity index (χ4v) is 4.85. The first kappa shape index (κ1) is 13.4. The molecule has 3 rings (SSSR count). The molecule has 4 nitrogen and oxygen atoms in total. The smallest absolute Gasteiger partial charge is 0.309 e. The van der Waals surface area contributed by atoms with Gasteiger partial charge in [0.15, 0.2) is 0 Å². The lowest BCUT2D eigenvalue weighted by atomic mass is 9.51. The summed E-state index contributed by atoms with van der Waals surface area (Å²) in [5, 5.41) is 20.9. The van der Waals surface area contributed by atoms with Crippen LogP contribution in [0, 0.1) is 23.2 Å². The molecule has 2 aliphatic carbocycles. The Labute approximate surface area is 114 Å². The highest BCUT2D eigenvalue weighted by molar-refractivity contribution is 5.75. The highest BCUT2D eigenvalue weighted by atomic mass is 16.6. The van der Waals surface area contributed by atoms with Crippen molar-refractivity contribution in [1.82, 2.24) is 0 Å². The number of rotatable bonds is 0. The van der Waals surface area contributed by atoms with E-state index < -0.39 is 11.7 Å². The summed E-state index contributed by atoms with van der Waals surface area (Å²) in [5.41, 5.74) is -1.20. The van der Waals surface area contributed by atoms with Crippen molar-refractivity contribution < 1.29 is 19.7 Å². The molecule has 0 amide bonds. The van der Waals surface area contributed by atoms with Gasteiger partial charge in [-0.1, -0.05) is 13.8 Å². The summed E-state index contributed by atoms with van der Waals surface area (Å²) >= 11 is 0. The summed E-state index contributed by atoms with van der Waals surface area (Å²) in [6, 6.07) is 0. The summed E-state index contributed by atoms with van der Waals surface area (Å²) in [4.78, 5) is 11.8. The third-order valence-electron chi connectivity index (χ3n) is 6.11. The molecule has 4 heteroatoms. The maximum absolute atomic E-state index is 11.8. The lowest BCUT2D eigenvalue weighted by Gasteiger charge is -2.57. The van der Waals surface area contributed by atoms with Gasteiger partial charge in [0.05, 0.1) is 17.6 Å². The van der Waals surface area contributed by atoms with E-state index >= 15 is 0 Å². The third kappa shape index (κ3) is 1.69. The molecular formula is C15H24O4. The van der Waals surface area contributed by atoms with Crippen molar-refractivity contribution in [2.75, 3.05) is 0 Å². The molecule has 0 spiro atoms. The monoisotopic (exact) mass is 268 g/mol. The molecular weight excluding hydrogens is 244 g/mol. The van der Waals surface area contributed by atoms with Gasteiger partial charge in [0.2, 0.25) is 0 Å². The second kappa shape index (κ2) is 3.95. The molecule has 3 aliphatic rings. The Morgan fingerprint density at radius 2 is 1.89 bits per heavy atom. The van der Waals surface area contributed by atoms with Crippen LogP contribution < -0.4 is 0 Å². The van der Waals surface area contributed by atoms with Crippen molar-refractivity contribution in [2.24, 2.45) is 23.2 Å². The molecule has 2 saturated carbocycles. The average Bonchev–Trinajstić information content (AvgIpc) is 2.60. The molecule has 19 heavy (non-hydrogen) atoms. The second-order valence-corrected chi connectivity index (χ2v) is 7.30. The summed E-state index contributed by atoms with van der Waals surface area (Å²) in [6.45, 7) is 5.80. The van der Waals surface area contributed by atoms with Crippen LogP contribution in [0.5, 0.6) is 0 Å². The standard InChI is InChI=1S/C15H24O4/c1-8-9-4-6-14(2)7-5-10(16)15(3,18)12(14)11(9)19-13(8)17/h8-12,16,18H,4-7H2,1-3H3/t8-,9+,10-,11-,12+,14-,15+/m1/s1. The molecule has 1 aliphatic heterocycles. The minimum atomic E-state index is -1.17. The van der Waals surface area contributed by atoms with Gasteiger partial charge in [-0.3, -0.25) is 4.79 Å². The molecule has 0 aromatic rings. The van der Waals surface area contributed by atoms with E-state index in [9.17, 15) is 15.0 Å². The molecule has 0 aromatic heterocycles. The van der Waals surface area contributed by atoms with Gasteiger partial charge in [0, 0.05) is 11.8 Å². The number of fused-ring (bicyclic) bond motifs is 3. The van der Waals surface area contributed by atoms with Gasteiger partial charge in [0.1, 0.15) is 6.10 Å². The molecule has 0 unspecified atom stereocenters. The molecule has 108 valence electrons. The molecule has 2 N–H and O–H groups in total. The van der Waals surface area contributed by atoms with E-state index in [1.54, 1.807) is 6.92 Å². The van der Waals surface area contributed by atoms with Crippen LogP contribution in [0.15, 0.2) is 0 Å². The zero-order valence-corrected chi connectivity index (χ0v) is 11.9. The van der Waals surface area contributed by atoms with Crippen molar-refractivity contribution in [3.05, 3.63) is 0 Å². The van der Waals surface area contributed by atoms with Crippen LogP contribution in [0.3, 0.4) is 0 Å². The quantitative estimate of drug-likeness (QED) is 0.653. The number of hydrogen-bond acceptors (Lipinski definition) is 4. The molecule has 0 bridgehead atoms. The maximum Gasteiger partial charge on any atom is 0.309 e. The predicted octanol–water partition coefficient (Wildman–Crippen LogP) is 1.49. The van der Waals surface area contributed by atoms with E-state index in [0.717, 1.165) is 19.3 Å². The van der Waals surface area contributed by atoms with E-state index in [4.69, 9.17) is 4.74 Å². The van der Waals surface area contributed by atoms with Crippen LogP contribution in [-0.4, -0.2) is 34.0 Å². The number of ether oxygens (including phenoxy) is 1. The fraction of sp³-hybridized carbons (Fsp3) is 0.933. The molecule has 7 atom stereocenters. The summed E-state index contributed by atoms with van der Waals surface area (Å²) in [6.07, 6.45) is 2.55. The van der Waals surface area contributed by atoms with E-state index in [0.29, 0.717) is 6.42 Å². The topological polar surface area (TPSA) is 66.8 Å². The Hall–Kier alpha value is -0.610. The Morgan fingerprint density at radius 3 is 2.58 bits per heavy atom. The van der Waals surface area contributed by atoms with Crippen molar-refractivity contribution in [3.63, 3.8) is 0 Å². The van der Waals surface area contributed by atoms with Gasteiger partial charge in [-0.25, -0.2) is 0 Å². The van der Waals surface area contributed by atoms with Crippen molar-refractivity contribution in [2.45, 2.75) is 64.3 Å². The van der Waals surface area contributed by atoms with Gasteiger partial charge in [-0.15, -0.1) is 0 Å². The van der Waals surface area contributed by atoms with Crippen LogP contribution in [0.4, 0.5) is 0 Å². The first-order chi connectivity index (χ1) is 8.77. The molecule has 0 radical (unpaired) electrons. The number of carbonyl (C=O) groups excluding carboxylic acids is 1. The Kier molecular flexibility index (Phi) is 2.78. The van der Waals surface area contributed by atoms with Crippen LogP contribution >= 0.6 is 0 Å². The number of aliphatic hydroxyl groups is 2. The Bertz CT molecular complexity index is 400. The molecule has 0 aromatic carbocycles. The van der Waals surface area contributed by atoms with Crippen LogP contribution in [-0.2, 0) is 9.53 Å². The third-order valence-corrected chi connectivity index (χ3v) is 6.11. The molecule has 1 heterocycles. The Morgan fingerprint density at radius 1 is 1.26 bits per heavy atom. The normalized spacial score (nSPS) is 57.3. The largest absolute Gasteiger partial charge is 0.461 e. The van der Waals surface area contributed by atoms with Gasteiger partial charge in [0.25, 0.3) is 0 Å². The van der Waals surface area contributed by atoms with Gasteiger partial charge < -0.3 is 14.9 Å². The SMILES string of the molecule is C[C@H]1C(=O)O[C@@H]2[C@H]1CC[C@]1(C)CC[C@@H](O)[C@](C)(O)[C@@H]21. The van der Waals surface area contributed by atoms with Gasteiger partial charge in [-0.05, 0) is 38.0 Å². The van der Waals surface area contributed by atoms with Gasteiger partial charge in [-0.2, -0.15) is 0 Å². The zero-order chi connectivity index (χ0) is 14.0. The lowest BCUT2D eigenvalue weighted by molar-refractivity contribution is -0.218. The lowest BCUT2D eigenvalue weighted by Crippen LogP contribution is -2.63. The van der Waals surface area contributed by atoms with E-state index in [1.165, 1.54) is 0 Å². The first-order valence-electron chi connectivity index (χ1n) is 7.38. The van der Waals surface area contributed by atoms with E-state index in [2.05, 4.69) is 6.92 Å². The highest BCUT2D eigenvalue weighted by Gasteiger charge is 2.63. The number of carbonyl (C=O) groups is 1. The van der Waals surface area contributed by atoms with Crippen molar-refractivity contribution in [3.8, 4) is 0 Å². The highest BCUT2D eigenvalue weighted by Crippen LogP contribution is 2.58. The summed E-state index contributed by atoms with van der Waals surface area (Å²) in [5.74, 6) is -0.182. The van der Waals surface area contributed by atoms with Crippen molar-refractivity contribution >= 4 is 5.97 Å². The number of aliphatic hydroxyl groups excluding tert-OH is 1. The van der Waals surface area contributed by atoms with Crippen LogP contribution in [0.25, 0.3) is 0 Å². The average molecular weight is 268 g/mol. The van der Waals surface area contributed by atoms with Gasteiger partial charge >= 0.3 is 5.97 Å². The van der Waals surface area contributed by atoms with Crippen LogP contribution in [0.2, 0.25) is 0 Å². The molecule has 1 saturated heterocycles. The summed E-state index contributed by atoms with van der Waals surface area (Å²) in [7, 11) is 0.